The minimum absolute atomic E-state index is 0.667. The maximum Gasteiger partial charge on any atom is 0.00649 e. The summed E-state index contributed by atoms with van der Waals surface area (Å²) in [5, 5.41) is 10.4. The fraction of sp³-hybridized carbons (Fsp3) is 1.00. The van der Waals surface area contributed by atoms with Crippen LogP contribution in [0.2, 0.25) is 0 Å². The van der Waals surface area contributed by atoms with E-state index in [1.165, 1.54) is 25.7 Å². The summed E-state index contributed by atoms with van der Waals surface area (Å²) < 4.78 is 0. The molecule has 110 valence electrons. The fourth-order valence-electron chi connectivity index (χ4n) is 1.97. The molecular weight excluding hydrogens is 224 g/mol. The second kappa shape index (κ2) is 14.9. The number of rotatable bonds is 14. The molecule has 0 saturated heterocycles. The molecule has 0 saturated carbocycles. The molecule has 0 heterocycles. The summed E-state index contributed by atoms with van der Waals surface area (Å²) >= 11 is 0. The lowest BCUT2D eigenvalue weighted by molar-refractivity contribution is 0.444. The summed E-state index contributed by atoms with van der Waals surface area (Å²) in [6.07, 6.45) is 6.04. The summed E-state index contributed by atoms with van der Waals surface area (Å²) in [6.45, 7) is 10.7. The largest absolute Gasteiger partial charge is 0.330 e. The lowest BCUT2D eigenvalue weighted by atomic mass is 10.1. The van der Waals surface area contributed by atoms with Gasteiger partial charge < -0.3 is 21.7 Å². The smallest absolute Gasteiger partial charge is 0.00649 e. The van der Waals surface area contributed by atoms with Gasteiger partial charge in [0.15, 0.2) is 0 Å². The van der Waals surface area contributed by atoms with Crippen LogP contribution in [0.15, 0.2) is 0 Å². The van der Waals surface area contributed by atoms with Crippen molar-refractivity contribution >= 4 is 0 Å². The Bertz CT molecular complexity index is 153. The van der Waals surface area contributed by atoms with Gasteiger partial charge in [-0.25, -0.2) is 0 Å². The number of nitrogens with two attached hydrogens (primary N) is 1. The Morgan fingerprint density at radius 1 is 0.889 bits per heavy atom. The highest BCUT2D eigenvalue weighted by molar-refractivity contribution is 4.65. The van der Waals surface area contributed by atoms with Gasteiger partial charge >= 0.3 is 0 Å². The summed E-state index contributed by atoms with van der Waals surface area (Å²) in [5.74, 6) is 0. The van der Waals surface area contributed by atoms with Crippen LogP contribution in [0.4, 0.5) is 0 Å². The minimum Gasteiger partial charge on any atom is -0.330 e. The quantitative estimate of drug-likeness (QED) is 0.352. The Hall–Kier alpha value is -0.160. The zero-order chi connectivity index (χ0) is 13.5. The van der Waals surface area contributed by atoms with Crippen molar-refractivity contribution < 1.29 is 0 Å². The van der Waals surface area contributed by atoms with Crippen LogP contribution >= 0.6 is 0 Å². The van der Waals surface area contributed by atoms with Crippen LogP contribution in [0.25, 0.3) is 0 Å². The molecule has 0 aliphatic carbocycles. The van der Waals surface area contributed by atoms with Crippen molar-refractivity contribution in [3.63, 3.8) is 0 Å². The molecule has 1 atom stereocenters. The van der Waals surface area contributed by atoms with Gasteiger partial charge in [-0.2, -0.15) is 0 Å². The van der Waals surface area contributed by atoms with Gasteiger partial charge in [-0.1, -0.05) is 13.8 Å². The minimum atomic E-state index is 0.667. The van der Waals surface area contributed by atoms with Gasteiger partial charge in [0.05, 0.1) is 0 Å². The molecule has 4 heteroatoms. The maximum absolute atomic E-state index is 5.49. The van der Waals surface area contributed by atoms with Crippen molar-refractivity contribution in [2.75, 3.05) is 39.3 Å². The monoisotopic (exact) mass is 258 g/mol. The highest BCUT2D eigenvalue weighted by Gasteiger charge is 2.03. The molecule has 0 rings (SSSR count). The highest BCUT2D eigenvalue weighted by Crippen LogP contribution is 2.00. The highest BCUT2D eigenvalue weighted by atomic mass is 14.9. The van der Waals surface area contributed by atoms with Crippen molar-refractivity contribution in [3.8, 4) is 0 Å². The first-order valence-corrected chi connectivity index (χ1v) is 7.70. The van der Waals surface area contributed by atoms with E-state index >= 15 is 0 Å². The van der Waals surface area contributed by atoms with Crippen LogP contribution in [0.5, 0.6) is 0 Å². The SMILES string of the molecule is CCNCCCNCCCC(CC)NCCCN. The molecule has 0 spiro atoms. The molecule has 0 amide bonds. The van der Waals surface area contributed by atoms with Gasteiger partial charge in [-0.05, 0) is 71.4 Å². The standard InChI is InChI=1S/C14H34N4/c1-3-14(18-13-6-9-15)8-5-10-17-12-7-11-16-4-2/h14,16-18H,3-13,15H2,1-2H3. The van der Waals surface area contributed by atoms with Gasteiger partial charge in [-0.15, -0.1) is 0 Å². The number of nitrogens with one attached hydrogen (secondary N) is 3. The van der Waals surface area contributed by atoms with Crippen LogP contribution < -0.4 is 21.7 Å². The lowest BCUT2D eigenvalue weighted by Crippen LogP contribution is -2.31. The molecule has 1 unspecified atom stereocenters. The van der Waals surface area contributed by atoms with Gasteiger partial charge in [0.1, 0.15) is 0 Å². The van der Waals surface area contributed by atoms with Crippen LogP contribution in [0.3, 0.4) is 0 Å². The zero-order valence-corrected chi connectivity index (χ0v) is 12.4. The van der Waals surface area contributed by atoms with E-state index in [0.29, 0.717) is 6.04 Å². The van der Waals surface area contributed by atoms with E-state index in [-0.39, 0.29) is 0 Å². The maximum atomic E-state index is 5.49. The third-order valence-electron chi connectivity index (χ3n) is 3.17. The molecule has 0 radical (unpaired) electrons. The normalized spacial score (nSPS) is 12.8. The Morgan fingerprint density at radius 2 is 1.61 bits per heavy atom. The van der Waals surface area contributed by atoms with E-state index in [2.05, 4.69) is 29.8 Å². The predicted molar refractivity (Wildman–Crippen MR) is 81.0 cm³/mol. The van der Waals surface area contributed by atoms with Crippen LogP contribution in [-0.2, 0) is 0 Å². The molecule has 0 aromatic rings. The number of hydrogen-bond donors (Lipinski definition) is 4. The first kappa shape index (κ1) is 17.8. The molecule has 4 nitrogen and oxygen atoms in total. The van der Waals surface area contributed by atoms with Crippen LogP contribution in [-0.4, -0.2) is 45.3 Å². The summed E-state index contributed by atoms with van der Waals surface area (Å²) in [6, 6.07) is 0.667. The van der Waals surface area contributed by atoms with Crippen molar-refractivity contribution in [2.45, 2.75) is 52.0 Å². The molecule has 0 bridgehead atoms. The van der Waals surface area contributed by atoms with E-state index in [4.69, 9.17) is 5.73 Å². The van der Waals surface area contributed by atoms with Crippen LogP contribution in [0, 0.1) is 0 Å². The third-order valence-corrected chi connectivity index (χ3v) is 3.17. The second-order valence-corrected chi connectivity index (χ2v) is 4.80. The fourth-order valence-corrected chi connectivity index (χ4v) is 1.97. The van der Waals surface area contributed by atoms with E-state index < -0.39 is 0 Å². The molecule has 18 heavy (non-hydrogen) atoms. The van der Waals surface area contributed by atoms with Gasteiger partial charge in [-0.3, -0.25) is 0 Å². The zero-order valence-electron chi connectivity index (χ0n) is 12.4. The molecule has 0 fully saturated rings. The van der Waals surface area contributed by atoms with Crippen molar-refractivity contribution in [3.05, 3.63) is 0 Å². The molecule has 0 aromatic heterocycles. The first-order valence-electron chi connectivity index (χ1n) is 7.70. The van der Waals surface area contributed by atoms with Crippen molar-refractivity contribution in [1.82, 2.24) is 16.0 Å². The topological polar surface area (TPSA) is 62.1 Å². The predicted octanol–water partition coefficient (Wildman–Crippen LogP) is 1.07. The van der Waals surface area contributed by atoms with Gasteiger partial charge in [0.2, 0.25) is 0 Å². The van der Waals surface area contributed by atoms with E-state index in [1.807, 2.05) is 0 Å². The molecular formula is C14H34N4. The molecule has 0 aliphatic heterocycles. The first-order chi connectivity index (χ1) is 8.85. The van der Waals surface area contributed by atoms with E-state index in [1.54, 1.807) is 0 Å². The Kier molecular flexibility index (Phi) is 14.8. The second-order valence-electron chi connectivity index (χ2n) is 4.80. The van der Waals surface area contributed by atoms with E-state index in [0.717, 1.165) is 45.7 Å². The van der Waals surface area contributed by atoms with Crippen LogP contribution in [0.1, 0.15) is 46.0 Å². The van der Waals surface area contributed by atoms with E-state index in [9.17, 15) is 0 Å². The van der Waals surface area contributed by atoms with Crippen molar-refractivity contribution in [1.29, 1.82) is 0 Å². The Balaban J connectivity index is 3.23. The molecule has 0 aliphatic rings. The van der Waals surface area contributed by atoms with Crippen molar-refractivity contribution in [2.24, 2.45) is 5.73 Å². The summed E-state index contributed by atoms with van der Waals surface area (Å²) in [7, 11) is 0. The summed E-state index contributed by atoms with van der Waals surface area (Å²) in [5.41, 5.74) is 5.49. The third kappa shape index (κ3) is 12.3. The number of hydrogen-bond acceptors (Lipinski definition) is 4. The van der Waals surface area contributed by atoms with Gasteiger partial charge in [0.25, 0.3) is 0 Å². The Labute approximate surface area is 113 Å². The average Bonchev–Trinajstić information content (AvgIpc) is 2.40. The lowest BCUT2D eigenvalue weighted by Gasteiger charge is -2.16. The van der Waals surface area contributed by atoms with Gasteiger partial charge in [0, 0.05) is 6.04 Å². The molecule has 0 aromatic carbocycles. The summed E-state index contributed by atoms with van der Waals surface area (Å²) in [4.78, 5) is 0. The average molecular weight is 258 g/mol. The molecule has 5 N–H and O–H groups in total. The Morgan fingerprint density at radius 3 is 2.28 bits per heavy atom.